The molecule has 0 bridgehead atoms. The molecule has 0 aliphatic carbocycles. The van der Waals surface area contributed by atoms with Gasteiger partial charge in [0.1, 0.15) is 0 Å². The van der Waals surface area contributed by atoms with Crippen LogP contribution in [0.5, 0.6) is 0 Å². The fraction of sp³-hybridized carbons (Fsp3) is 0. The highest BCUT2D eigenvalue weighted by Gasteiger charge is 2.24. The van der Waals surface area contributed by atoms with Gasteiger partial charge in [-0.15, -0.1) is 0 Å². The Morgan fingerprint density at radius 3 is 1.44 bits per heavy atom. The molecule has 14 aromatic rings. The van der Waals surface area contributed by atoms with E-state index in [1.165, 1.54) is 81.2 Å². The molecule has 62 heavy (non-hydrogen) atoms. The molecule has 286 valence electrons. The van der Waals surface area contributed by atoms with E-state index in [2.05, 4.69) is 215 Å². The summed E-state index contributed by atoms with van der Waals surface area (Å²) in [6.07, 6.45) is 0. The van der Waals surface area contributed by atoms with Crippen molar-refractivity contribution in [1.29, 1.82) is 0 Å². The highest BCUT2D eigenvalue weighted by Crippen LogP contribution is 2.49. The maximum Gasteiger partial charge on any atom is 0.235 e. The second-order valence-corrected chi connectivity index (χ2v) is 16.5. The lowest BCUT2D eigenvalue weighted by Crippen LogP contribution is -2.03. The number of nitrogens with zero attached hydrogens (tertiary/aromatic N) is 4. The van der Waals surface area contributed by atoms with E-state index in [-0.39, 0.29) is 0 Å². The lowest BCUT2D eigenvalue weighted by Gasteiger charge is -2.17. The van der Waals surface area contributed by atoms with E-state index in [1.807, 2.05) is 0 Å². The average molecular weight is 787 g/mol. The molecule has 4 heteroatoms. The minimum Gasteiger partial charge on any atom is -0.309 e. The van der Waals surface area contributed by atoms with Crippen LogP contribution in [-0.2, 0) is 0 Å². The Bertz CT molecular complexity index is 4140. The summed E-state index contributed by atoms with van der Waals surface area (Å²) in [6.45, 7) is 0. The molecule has 0 saturated carbocycles. The van der Waals surface area contributed by atoms with E-state index in [1.54, 1.807) is 0 Å². The maximum atomic E-state index is 5.55. The number of benzene rings is 11. The lowest BCUT2D eigenvalue weighted by molar-refractivity contribution is 1.01. The third kappa shape index (κ3) is 4.55. The van der Waals surface area contributed by atoms with Gasteiger partial charge in [0.2, 0.25) is 5.95 Å². The van der Waals surface area contributed by atoms with E-state index >= 15 is 0 Å². The number of para-hydroxylation sites is 4. The van der Waals surface area contributed by atoms with Crippen molar-refractivity contribution in [2.45, 2.75) is 0 Å². The molecule has 0 saturated heterocycles. The summed E-state index contributed by atoms with van der Waals surface area (Å²) >= 11 is 0. The Balaban J connectivity index is 1.14. The smallest absolute Gasteiger partial charge is 0.235 e. The van der Waals surface area contributed by atoms with Crippen molar-refractivity contribution in [1.82, 2.24) is 19.1 Å². The summed E-state index contributed by atoms with van der Waals surface area (Å²) in [4.78, 5) is 10.9. The largest absolute Gasteiger partial charge is 0.309 e. The standard InChI is InChI=1S/C58H34N4/c1-3-16-35(17-4-1)36-18-13-19-37(32-36)57-41-22-7-10-29-48(41)59-58(60-57)62-50-31-12-9-24-43(50)56-45-28-15-26-40-39-25-14-27-44-53(39)46(47(54(40)45)34-52(56)62)33-51-55(44)42-23-8-11-30-49(42)61(51)38-20-5-2-6-21-38/h1-34H. The summed E-state index contributed by atoms with van der Waals surface area (Å²) in [7, 11) is 0. The Hall–Kier alpha value is -8.34. The Labute approximate surface area is 355 Å². The number of rotatable bonds is 4. The first-order valence-electron chi connectivity index (χ1n) is 21.3. The highest BCUT2D eigenvalue weighted by molar-refractivity contribution is 6.41. The average Bonchev–Trinajstić information content (AvgIpc) is 3.86. The quantitative estimate of drug-likeness (QED) is 0.132. The molecule has 0 unspecified atom stereocenters. The van der Waals surface area contributed by atoms with Crippen LogP contribution in [0.4, 0.5) is 0 Å². The fourth-order valence-electron chi connectivity index (χ4n) is 10.7. The van der Waals surface area contributed by atoms with Crippen molar-refractivity contribution in [3.05, 3.63) is 206 Å². The zero-order valence-electron chi connectivity index (χ0n) is 33.4. The van der Waals surface area contributed by atoms with Gasteiger partial charge in [-0.3, -0.25) is 4.57 Å². The Morgan fingerprint density at radius 1 is 0.274 bits per heavy atom. The Morgan fingerprint density at radius 2 is 0.758 bits per heavy atom. The summed E-state index contributed by atoms with van der Waals surface area (Å²) < 4.78 is 4.75. The van der Waals surface area contributed by atoms with Gasteiger partial charge in [0.05, 0.1) is 33.3 Å². The first-order valence-corrected chi connectivity index (χ1v) is 21.3. The highest BCUT2D eigenvalue weighted by atomic mass is 15.2. The first-order chi connectivity index (χ1) is 30.8. The van der Waals surface area contributed by atoms with Gasteiger partial charge in [0, 0.05) is 38.2 Å². The third-order valence-corrected chi connectivity index (χ3v) is 13.2. The van der Waals surface area contributed by atoms with Gasteiger partial charge in [-0.1, -0.05) is 158 Å². The number of hydrogen-bond donors (Lipinski definition) is 0. The molecule has 3 aromatic heterocycles. The van der Waals surface area contributed by atoms with E-state index in [0.29, 0.717) is 5.95 Å². The van der Waals surface area contributed by atoms with Gasteiger partial charge in [0.15, 0.2) is 0 Å². The van der Waals surface area contributed by atoms with Gasteiger partial charge >= 0.3 is 0 Å². The molecule has 0 fully saturated rings. The number of fused-ring (bicyclic) bond motifs is 11. The fourth-order valence-corrected chi connectivity index (χ4v) is 10.7. The molecular weight excluding hydrogens is 753 g/mol. The molecule has 3 heterocycles. The second-order valence-electron chi connectivity index (χ2n) is 16.5. The monoisotopic (exact) mass is 786 g/mol. The predicted molar refractivity (Wildman–Crippen MR) is 260 cm³/mol. The minimum absolute atomic E-state index is 0.652. The molecule has 0 aliphatic rings. The molecule has 0 N–H and O–H groups in total. The van der Waals surface area contributed by atoms with Crippen LogP contribution in [0.1, 0.15) is 0 Å². The van der Waals surface area contributed by atoms with Crippen LogP contribution >= 0.6 is 0 Å². The summed E-state index contributed by atoms with van der Waals surface area (Å²) in [6, 6.07) is 74.7. The molecular formula is C58H34N4. The van der Waals surface area contributed by atoms with Gasteiger partial charge < -0.3 is 4.57 Å². The van der Waals surface area contributed by atoms with Crippen LogP contribution in [0.3, 0.4) is 0 Å². The van der Waals surface area contributed by atoms with Gasteiger partial charge in [-0.25, -0.2) is 9.97 Å². The summed E-state index contributed by atoms with van der Waals surface area (Å²) in [5, 5.41) is 16.0. The van der Waals surface area contributed by atoms with Gasteiger partial charge in [-0.2, -0.15) is 0 Å². The lowest BCUT2D eigenvalue weighted by atomic mass is 9.87. The summed E-state index contributed by atoms with van der Waals surface area (Å²) in [5.41, 5.74) is 10.9. The van der Waals surface area contributed by atoms with Gasteiger partial charge in [-0.05, 0) is 103 Å². The molecule has 0 radical (unpaired) electrons. The number of hydrogen-bond acceptors (Lipinski definition) is 2. The molecule has 0 atom stereocenters. The normalized spacial score (nSPS) is 12.2. The SMILES string of the molecule is c1ccc(-c2cccc(-c3nc(-n4c5ccccc5c5c6cccc7c8cccc9c8c(cc8c9c9ccccc9n8-c8ccccc8)c(cc54)c76)nc4ccccc34)c2)cc1. The van der Waals surface area contributed by atoms with Crippen LogP contribution < -0.4 is 0 Å². The molecule has 0 spiro atoms. The van der Waals surface area contributed by atoms with Crippen molar-refractivity contribution in [2.75, 3.05) is 0 Å². The zero-order chi connectivity index (χ0) is 40.5. The first kappa shape index (κ1) is 33.5. The van der Waals surface area contributed by atoms with Crippen LogP contribution in [0.2, 0.25) is 0 Å². The maximum absolute atomic E-state index is 5.55. The third-order valence-electron chi connectivity index (χ3n) is 13.2. The van der Waals surface area contributed by atoms with E-state index < -0.39 is 0 Å². The predicted octanol–water partition coefficient (Wildman–Crippen LogP) is 15.2. The molecule has 4 nitrogen and oxygen atoms in total. The van der Waals surface area contributed by atoms with Crippen LogP contribution in [0.25, 0.3) is 132 Å². The Kier molecular flexibility index (Phi) is 6.80. The summed E-state index contributed by atoms with van der Waals surface area (Å²) in [5.74, 6) is 0.652. The van der Waals surface area contributed by atoms with Crippen molar-refractivity contribution >= 4 is 97.6 Å². The zero-order valence-corrected chi connectivity index (χ0v) is 33.4. The topological polar surface area (TPSA) is 35.6 Å². The van der Waals surface area contributed by atoms with Gasteiger partial charge in [0.25, 0.3) is 0 Å². The van der Waals surface area contributed by atoms with Crippen LogP contribution in [0.15, 0.2) is 206 Å². The minimum atomic E-state index is 0.652. The van der Waals surface area contributed by atoms with Crippen molar-refractivity contribution in [2.24, 2.45) is 0 Å². The van der Waals surface area contributed by atoms with E-state index in [9.17, 15) is 0 Å². The number of aromatic nitrogens is 4. The van der Waals surface area contributed by atoms with E-state index in [4.69, 9.17) is 9.97 Å². The molecule has 0 aliphatic heterocycles. The second kappa shape index (κ2) is 12.6. The van der Waals surface area contributed by atoms with Crippen LogP contribution in [0, 0.1) is 0 Å². The molecule has 11 aromatic carbocycles. The molecule has 14 rings (SSSR count). The van der Waals surface area contributed by atoms with E-state index in [0.717, 1.165) is 44.4 Å². The van der Waals surface area contributed by atoms with Crippen LogP contribution in [-0.4, -0.2) is 19.1 Å². The molecule has 0 amide bonds. The van der Waals surface area contributed by atoms with Crippen molar-refractivity contribution < 1.29 is 0 Å². The van der Waals surface area contributed by atoms with Crippen molar-refractivity contribution in [3.63, 3.8) is 0 Å². The van der Waals surface area contributed by atoms with Crippen molar-refractivity contribution in [3.8, 4) is 34.0 Å².